The van der Waals surface area contributed by atoms with Crippen LogP contribution in [0.1, 0.15) is 12.7 Å². The molecule has 1 aromatic carbocycles. The molecule has 2 aromatic rings. The summed E-state index contributed by atoms with van der Waals surface area (Å²) in [4.78, 5) is 30.0. The van der Waals surface area contributed by atoms with Gasteiger partial charge < -0.3 is 20.1 Å². The minimum atomic E-state index is 0.165. The second-order valence-corrected chi connectivity index (χ2v) is 7.29. The van der Waals surface area contributed by atoms with E-state index in [4.69, 9.17) is 0 Å². The molecule has 2 heterocycles. The topological polar surface area (TPSA) is 79.9 Å². The molecule has 0 radical (unpaired) electrons. The second-order valence-electron chi connectivity index (χ2n) is 7.29. The van der Waals surface area contributed by atoms with Gasteiger partial charge in [0.15, 0.2) is 5.96 Å². The van der Waals surface area contributed by atoms with Crippen molar-refractivity contribution in [2.75, 3.05) is 53.4 Å². The van der Waals surface area contributed by atoms with Crippen LogP contribution in [0.15, 0.2) is 41.5 Å². The Morgan fingerprint density at radius 2 is 1.97 bits per heavy atom. The van der Waals surface area contributed by atoms with E-state index in [1.165, 1.54) is 0 Å². The Morgan fingerprint density at radius 3 is 2.62 bits per heavy atom. The van der Waals surface area contributed by atoms with Gasteiger partial charge in [-0.1, -0.05) is 30.3 Å². The lowest BCUT2D eigenvalue weighted by atomic mass is 10.2. The second kappa shape index (κ2) is 10.1. The van der Waals surface area contributed by atoms with Gasteiger partial charge in [0.2, 0.25) is 5.91 Å². The van der Waals surface area contributed by atoms with E-state index in [1.54, 1.807) is 14.0 Å². The highest BCUT2D eigenvalue weighted by Crippen LogP contribution is 2.16. The van der Waals surface area contributed by atoms with Gasteiger partial charge in [0.25, 0.3) is 0 Å². The van der Waals surface area contributed by atoms with E-state index < -0.39 is 0 Å². The normalized spacial score (nSPS) is 15.4. The largest absolute Gasteiger partial charge is 0.355 e. The molecule has 3 rings (SSSR count). The van der Waals surface area contributed by atoms with Gasteiger partial charge in [-0.05, 0) is 5.56 Å². The first-order chi connectivity index (χ1) is 14.1. The van der Waals surface area contributed by atoms with E-state index >= 15 is 0 Å². The summed E-state index contributed by atoms with van der Waals surface area (Å²) in [5.41, 5.74) is 2.14. The van der Waals surface area contributed by atoms with Crippen LogP contribution in [0.3, 0.4) is 0 Å². The van der Waals surface area contributed by atoms with Crippen LogP contribution in [0.4, 0.5) is 0 Å². The minimum Gasteiger partial charge on any atom is -0.355 e. The third-order valence-electron chi connectivity index (χ3n) is 5.20. The highest BCUT2D eigenvalue weighted by atomic mass is 16.2. The molecule has 0 unspecified atom stereocenters. The molecule has 1 fully saturated rings. The van der Waals surface area contributed by atoms with Crippen LogP contribution in [0.5, 0.6) is 0 Å². The Balaban J connectivity index is 1.44. The first-order valence-electron chi connectivity index (χ1n) is 10.1. The van der Waals surface area contributed by atoms with Gasteiger partial charge in [0, 0.05) is 60.3 Å². The van der Waals surface area contributed by atoms with Crippen LogP contribution < -0.4 is 5.32 Å². The molecule has 1 amide bonds. The fourth-order valence-electron chi connectivity index (χ4n) is 3.50. The van der Waals surface area contributed by atoms with Crippen molar-refractivity contribution in [3.8, 4) is 11.3 Å². The van der Waals surface area contributed by atoms with E-state index in [2.05, 4.69) is 42.2 Å². The summed E-state index contributed by atoms with van der Waals surface area (Å²) in [7, 11) is 3.80. The van der Waals surface area contributed by atoms with E-state index in [-0.39, 0.29) is 5.91 Å². The molecular formula is C21H31N7O. The van der Waals surface area contributed by atoms with Crippen LogP contribution in [0, 0.1) is 0 Å². The standard InChI is InChI=1S/C21H31N7O/c1-17(29)28-13-11-27(12-14-28)10-9-23-21(22-2)26(3)16-20-24-15-19(25-20)18-7-5-4-6-8-18/h4-8,15H,9-14,16H2,1-3H3,(H,22,23)(H,24,25). The summed E-state index contributed by atoms with van der Waals surface area (Å²) in [6.45, 7) is 7.48. The number of amides is 1. The maximum atomic E-state index is 11.4. The van der Waals surface area contributed by atoms with E-state index in [9.17, 15) is 4.79 Å². The number of aromatic amines is 1. The van der Waals surface area contributed by atoms with E-state index in [0.717, 1.165) is 62.3 Å². The number of nitrogens with one attached hydrogen (secondary N) is 2. The predicted octanol–water partition coefficient (Wildman–Crippen LogP) is 1.25. The van der Waals surface area contributed by atoms with Gasteiger partial charge in [0.05, 0.1) is 18.4 Å². The van der Waals surface area contributed by atoms with Gasteiger partial charge in [-0.3, -0.25) is 14.7 Å². The summed E-state index contributed by atoms with van der Waals surface area (Å²) < 4.78 is 0. The molecule has 0 atom stereocenters. The fourth-order valence-corrected chi connectivity index (χ4v) is 3.50. The van der Waals surface area contributed by atoms with Crippen molar-refractivity contribution in [3.05, 3.63) is 42.4 Å². The third kappa shape index (κ3) is 5.80. The van der Waals surface area contributed by atoms with E-state index in [0.29, 0.717) is 6.54 Å². The molecule has 1 aromatic heterocycles. The van der Waals surface area contributed by atoms with E-state index in [1.807, 2.05) is 36.3 Å². The molecule has 1 saturated heterocycles. The summed E-state index contributed by atoms with van der Waals surface area (Å²) in [5, 5.41) is 3.42. The van der Waals surface area contributed by atoms with Crippen LogP contribution in [-0.2, 0) is 11.3 Å². The zero-order chi connectivity index (χ0) is 20.6. The lowest BCUT2D eigenvalue weighted by molar-refractivity contribution is -0.130. The molecule has 1 aliphatic rings. The molecule has 8 nitrogen and oxygen atoms in total. The van der Waals surface area contributed by atoms with Gasteiger partial charge in [-0.2, -0.15) is 0 Å². The number of piperazine rings is 1. The maximum Gasteiger partial charge on any atom is 0.219 e. The fraction of sp³-hybridized carbons (Fsp3) is 0.476. The Kier molecular flexibility index (Phi) is 7.24. The quantitative estimate of drug-likeness (QED) is 0.566. The number of aromatic nitrogens is 2. The summed E-state index contributed by atoms with van der Waals surface area (Å²) in [5.74, 6) is 1.90. The molecule has 0 bridgehead atoms. The number of nitrogens with zero attached hydrogens (tertiary/aromatic N) is 5. The molecule has 8 heteroatoms. The Bertz CT molecular complexity index is 809. The first kappa shape index (κ1) is 20.9. The monoisotopic (exact) mass is 397 g/mol. The summed E-state index contributed by atoms with van der Waals surface area (Å²) in [6, 6.07) is 10.2. The number of guanidine groups is 1. The zero-order valence-corrected chi connectivity index (χ0v) is 17.6. The Hall–Kier alpha value is -2.87. The number of benzene rings is 1. The summed E-state index contributed by atoms with van der Waals surface area (Å²) in [6.07, 6.45) is 1.87. The molecule has 0 spiro atoms. The number of H-pyrrole nitrogens is 1. The molecule has 1 aliphatic heterocycles. The number of carbonyl (C=O) groups is 1. The predicted molar refractivity (Wildman–Crippen MR) is 116 cm³/mol. The van der Waals surface area contributed by atoms with Crippen molar-refractivity contribution in [3.63, 3.8) is 0 Å². The Labute approximate surface area is 172 Å². The number of carbonyl (C=O) groups excluding carboxylic acids is 1. The number of imidazole rings is 1. The highest BCUT2D eigenvalue weighted by Gasteiger charge is 2.18. The lowest BCUT2D eigenvalue weighted by Gasteiger charge is -2.34. The van der Waals surface area contributed by atoms with Crippen molar-refractivity contribution in [1.82, 2.24) is 30.0 Å². The number of hydrogen-bond donors (Lipinski definition) is 2. The molecular weight excluding hydrogens is 366 g/mol. The summed E-state index contributed by atoms with van der Waals surface area (Å²) >= 11 is 0. The van der Waals surface area contributed by atoms with Crippen molar-refractivity contribution in [1.29, 1.82) is 0 Å². The number of aliphatic imine (C=N–C) groups is 1. The SMILES string of the molecule is CN=C(NCCN1CCN(C(C)=O)CC1)N(C)Cc1ncc(-c2ccccc2)[nH]1. The van der Waals surface area contributed by atoms with Crippen LogP contribution in [0.2, 0.25) is 0 Å². The number of rotatable bonds is 6. The van der Waals surface area contributed by atoms with Crippen molar-refractivity contribution >= 4 is 11.9 Å². The van der Waals surface area contributed by atoms with Gasteiger partial charge in [-0.15, -0.1) is 0 Å². The smallest absolute Gasteiger partial charge is 0.219 e. The van der Waals surface area contributed by atoms with Crippen molar-refractivity contribution < 1.29 is 4.79 Å². The Morgan fingerprint density at radius 1 is 1.24 bits per heavy atom. The molecule has 2 N–H and O–H groups in total. The average Bonchev–Trinajstić information content (AvgIpc) is 3.20. The minimum absolute atomic E-state index is 0.165. The maximum absolute atomic E-state index is 11.4. The van der Waals surface area contributed by atoms with Gasteiger partial charge >= 0.3 is 0 Å². The van der Waals surface area contributed by atoms with Crippen LogP contribution in [-0.4, -0.2) is 89.9 Å². The zero-order valence-electron chi connectivity index (χ0n) is 17.6. The van der Waals surface area contributed by atoms with Gasteiger partial charge in [0.1, 0.15) is 5.82 Å². The van der Waals surface area contributed by atoms with Crippen molar-refractivity contribution in [2.24, 2.45) is 4.99 Å². The van der Waals surface area contributed by atoms with Crippen LogP contribution in [0.25, 0.3) is 11.3 Å². The lowest BCUT2D eigenvalue weighted by Crippen LogP contribution is -2.50. The molecule has 156 valence electrons. The van der Waals surface area contributed by atoms with Gasteiger partial charge in [-0.25, -0.2) is 4.98 Å². The van der Waals surface area contributed by atoms with Crippen LogP contribution >= 0.6 is 0 Å². The first-order valence-corrected chi connectivity index (χ1v) is 10.1. The molecule has 0 aliphatic carbocycles. The number of hydrogen-bond acceptors (Lipinski definition) is 4. The molecule has 29 heavy (non-hydrogen) atoms. The average molecular weight is 398 g/mol. The highest BCUT2D eigenvalue weighted by molar-refractivity contribution is 5.79. The molecule has 0 saturated carbocycles. The van der Waals surface area contributed by atoms with Crippen molar-refractivity contribution in [2.45, 2.75) is 13.5 Å². The third-order valence-corrected chi connectivity index (χ3v) is 5.20.